The number of amides is 5. The van der Waals surface area contributed by atoms with E-state index in [9.17, 15) is 24.0 Å². The Labute approximate surface area is 252 Å². The molecular weight excluding hydrogens is 567 g/mol. The summed E-state index contributed by atoms with van der Waals surface area (Å²) in [5, 5.41) is 2.20. The molecule has 1 unspecified atom stereocenters. The van der Waals surface area contributed by atoms with Gasteiger partial charge in [0.2, 0.25) is 11.8 Å². The molecule has 1 aromatic heterocycles. The maximum atomic E-state index is 15.2. The Balaban J connectivity index is 1.07. The molecule has 6 rings (SSSR count). The van der Waals surface area contributed by atoms with Crippen LogP contribution in [0.3, 0.4) is 0 Å². The summed E-state index contributed by atoms with van der Waals surface area (Å²) in [6, 6.07) is 12.7. The highest BCUT2D eigenvalue weighted by Gasteiger charge is 2.45. The Morgan fingerprint density at radius 1 is 0.955 bits per heavy atom. The van der Waals surface area contributed by atoms with Gasteiger partial charge >= 0.3 is 0 Å². The SMILES string of the molecule is NC(=O)c1cc(N2CCN(Cc3ccc(CCc4cccc5c4C(=O)N(C4CCC(=O)NC4=O)C5=O)c(F)c3)CC2)ccn1. The average molecular weight is 599 g/mol. The van der Waals surface area contributed by atoms with Gasteiger partial charge in [-0.05, 0) is 60.2 Å². The number of aromatic nitrogens is 1. The first-order valence-corrected chi connectivity index (χ1v) is 14.5. The van der Waals surface area contributed by atoms with Gasteiger partial charge in [0.1, 0.15) is 17.6 Å². The van der Waals surface area contributed by atoms with Crippen molar-refractivity contribution in [1.82, 2.24) is 20.1 Å². The number of nitrogens with zero attached hydrogens (tertiary/aromatic N) is 4. The molecule has 3 aliphatic rings. The van der Waals surface area contributed by atoms with Crippen molar-refractivity contribution < 1.29 is 28.4 Å². The number of hydrogen-bond acceptors (Lipinski definition) is 8. The summed E-state index contributed by atoms with van der Waals surface area (Å²) in [4.78, 5) is 71.2. The number of benzene rings is 2. The fraction of sp³-hybridized carbons (Fsp3) is 0.312. The molecular formula is C32H31FN6O5. The zero-order valence-electron chi connectivity index (χ0n) is 23.9. The van der Waals surface area contributed by atoms with E-state index in [2.05, 4.69) is 20.1 Å². The highest BCUT2D eigenvalue weighted by atomic mass is 19.1. The number of fused-ring (bicyclic) bond motifs is 1. The lowest BCUT2D eigenvalue weighted by Gasteiger charge is -2.36. The number of imide groups is 2. The second-order valence-corrected chi connectivity index (χ2v) is 11.2. The van der Waals surface area contributed by atoms with E-state index in [0.29, 0.717) is 30.5 Å². The number of piperazine rings is 1. The minimum atomic E-state index is -1.04. The molecule has 0 bridgehead atoms. The van der Waals surface area contributed by atoms with Crippen LogP contribution in [-0.4, -0.2) is 76.5 Å². The number of pyridine rings is 1. The number of aryl methyl sites for hydroxylation is 2. The molecule has 2 aromatic carbocycles. The van der Waals surface area contributed by atoms with Crippen LogP contribution in [0.1, 0.15) is 60.7 Å². The summed E-state index contributed by atoms with van der Waals surface area (Å²) < 4.78 is 15.2. The van der Waals surface area contributed by atoms with Crippen LogP contribution in [0.25, 0.3) is 0 Å². The van der Waals surface area contributed by atoms with E-state index < -0.39 is 35.6 Å². The van der Waals surface area contributed by atoms with Gasteiger partial charge in [0.25, 0.3) is 17.7 Å². The fourth-order valence-corrected chi connectivity index (χ4v) is 6.13. The van der Waals surface area contributed by atoms with Crippen molar-refractivity contribution in [2.24, 2.45) is 5.73 Å². The van der Waals surface area contributed by atoms with Crippen molar-refractivity contribution in [3.63, 3.8) is 0 Å². The highest BCUT2D eigenvalue weighted by Crippen LogP contribution is 2.31. The Kier molecular flexibility index (Phi) is 7.92. The van der Waals surface area contributed by atoms with Crippen LogP contribution in [-0.2, 0) is 29.0 Å². The predicted molar refractivity (Wildman–Crippen MR) is 157 cm³/mol. The van der Waals surface area contributed by atoms with E-state index in [1.54, 1.807) is 42.6 Å². The zero-order chi connectivity index (χ0) is 31.0. The van der Waals surface area contributed by atoms with Gasteiger partial charge in [-0.15, -0.1) is 0 Å². The molecule has 4 heterocycles. The molecule has 0 radical (unpaired) electrons. The van der Waals surface area contributed by atoms with Crippen molar-refractivity contribution in [2.45, 2.75) is 38.3 Å². The highest BCUT2D eigenvalue weighted by molar-refractivity contribution is 6.24. The minimum absolute atomic E-state index is 0.0485. The van der Waals surface area contributed by atoms with Gasteiger partial charge in [0, 0.05) is 51.0 Å². The Hall–Kier alpha value is -4.97. The molecule has 44 heavy (non-hydrogen) atoms. The topological polar surface area (TPSA) is 146 Å². The molecule has 3 aliphatic heterocycles. The van der Waals surface area contributed by atoms with Gasteiger partial charge in [-0.2, -0.15) is 0 Å². The fourth-order valence-electron chi connectivity index (χ4n) is 6.13. The number of rotatable bonds is 8. The molecule has 3 aromatic rings. The molecule has 2 fully saturated rings. The van der Waals surface area contributed by atoms with Gasteiger partial charge in [-0.25, -0.2) is 4.39 Å². The van der Waals surface area contributed by atoms with Crippen molar-refractivity contribution in [2.75, 3.05) is 31.1 Å². The maximum Gasteiger partial charge on any atom is 0.267 e. The summed E-state index contributed by atoms with van der Waals surface area (Å²) in [7, 11) is 0. The van der Waals surface area contributed by atoms with Crippen molar-refractivity contribution in [3.8, 4) is 0 Å². The number of carbonyl (C=O) groups excluding carboxylic acids is 5. The number of hydrogen-bond donors (Lipinski definition) is 2. The molecule has 11 nitrogen and oxygen atoms in total. The van der Waals surface area contributed by atoms with Crippen LogP contribution >= 0.6 is 0 Å². The lowest BCUT2D eigenvalue weighted by atomic mass is 9.96. The second kappa shape index (κ2) is 12.0. The molecule has 1 atom stereocenters. The van der Waals surface area contributed by atoms with Crippen molar-refractivity contribution >= 4 is 35.2 Å². The van der Waals surface area contributed by atoms with Gasteiger partial charge in [-0.1, -0.05) is 24.3 Å². The van der Waals surface area contributed by atoms with E-state index in [-0.39, 0.29) is 35.5 Å². The lowest BCUT2D eigenvalue weighted by molar-refractivity contribution is -0.136. The third-order valence-electron chi connectivity index (χ3n) is 8.48. The number of piperidine rings is 1. The van der Waals surface area contributed by atoms with Crippen LogP contribution in [0.5, 0.6) is 0 Å². The molecule has 0 spiro atoms. The van der Waals surface area contributed by atoms with Crippen molar-refractivity contribution in [3.05, 3.63) is 94.1 Å². The molecule has 3 N–H and O–H groups in total. The van der Waals surface area contributed by atoms with Crippen molar-refractivity contribution in [1.29, 1.82) is 0 Å². The monoisotopic (exact) mass is 598 g/mol. The summed E-state index contributed by atoms with van der Waals surface area (Å²) in [5.74, 6) is -3.12. The van der Waals surface area contributed by atoms with E-state index in [1.165, 1.54) is 0 Å². The first-order valence-electron chi connectivity index (χ1n) is 14.5. The standard InChI is InChI=1S/C32H31FN6O5/c33-24-16-19(18-37-12-14-38(15-13-37)22-10-11-35-25(17-22)29(34)41)4-5-20(24)6-7-21-2-1-3-23-28(21)32(44)39(31(23)43)26-8-9-27(40)36-30(26)42/h1-5,10-11,16-17,26H,6-9,12-15,18H2,(H2,34,41)(H,36,40,42). The minimum Gasteiger partial charge on any atom is -0.369 e. The van der Waals surface area contributed by atoms with Crippen LogP contribution in [0.15, 0.2) is 54.7 Å². The number of anilines is 1. The molecule has 0 saturated carbocycles. The normalized spacial score (nSPS) is 18.9. The number of carbonyl (C=O) groups is 5. The zero-order valence-corrected chi connectivity index (χ0v) is 23.9. The van der Waals surface area contributed by atoms with Gasteiger partial charge in [-0.3, -0.25) is 44.1 Å². The Morgan fingerprint density at radius 2 is 1.73 bits per heavy atom. The predicted octanol–water partition coefficient (Wildman–Crippen LogP) is 1.83. The summed E-state index contributed by atoms with van der Waals surface area (Å²) in [6.07, 6.45) is 2.36. The van der Waals surface area contributed by atoms with Crippen LogP contribution in [0, 0.1) is 5.82 Å². The maximum absolute atomic E-state index is 15.2. The Bertz CT molecular complexity index is 1690. The number of nitrogens with two attached hydrogens (primary N) is 1. The van der Waals surface area contributed by atoms with Crippen LogP contribution in [0.4, 0.5) is 10.1 Å². The molecule has 226 valence electrons. The lowest BCUT2D eigenvalue weighted by Crippen LogP contribution is -2.54. The third kappa shape index (κ3) is 5.68. The Morgan fingerprint density at radius 3 is 2.45 bits per heavy atom. The van der Waals surface area contributed by atoms with Gasteiger partial charge in [0.15, 0.2) is 0 Å². The number of primary amides is 1. The second-order valence-electron chi connectivity index (χ2n) is 11.2. The summed E-state index contributed by atoms with van der Waals surface area (Å²) in [6.45, 7) is 3.60. The molecule has 0 aliphatic carbocycles. The van der Waals surface area contributed by atoms with E-state index in [1.807, 2.05) is 12.1 Å². The van der Waals surface area contributed by atoms with Crippen LogP contribution < -0.4 is 16.0 Å². The first kappa shape index (κ1) is 29.1. The first-order chi connectivity index (χ1) is 21.2. The van der Waals surface area contributed by atoms with E-state index in [0.717, 1.165) is 42.3 Å². The number of nitrogens with one attached hydrogen (secondary N) is 1. The molecule has 12 heteroatoms. The van der Waals surface area contributed by atoms with Gasteiger partial charge < -0.3 is 10.6 Å². The van der Waals surface area contributed by atoms with E-state index >= 15 is 4.39 Å². The third-order valence-corrected chi connectivity index (χ3v) is 8.48. The molecule has 2 saturated heterocycles. The van der Waals surface area contributed by atoms with E-state index in [4.69, 9.17) is 5.73 Å². The smallest absolute Gasteiger partial charge is 0.267 e. The number of halogens is 1. The quantitative estimate of drug-likeness (QED) is 0.374. The van der Waals surface area contributed by atoms with Gasteiger partial charge in [0.05, 0.1) is 11.1 Å². The molecule has 5 amide bonds. The average Bonchev–Trinajstić information content (AvgIpc) is 3.27. The van der Waals surface area contributed by atoms with Crippen LogP contribution in [0.2, 0.25) is 0 Å². The largest absolute Gasteiger partial charge is 0.369 e. The summed E-state index contributed by atoms with van der Waals surface area (Å²) in [5.41, 5.74) is 8.87. The summed E-state index contributed by atoms with van der Waals surface area (Å²) >= 11 is 0.